The fourth-order valence-electron chi connectivity index (χ4n) is 4.21. The minimum Gasteiger partial charge on any atom is -0.372 e. The molecule has 1 saturated heterocycles. The van der Waals surface area contributed by atoms with Crippen molar-refractivity contribution >= 4 is 38.2 Å². The van der Waals surface area contributed by atoms with Crippen molar-refractivity contribution in [3.8, 4) is 0 Å². The topological polar surface area (TPSA) is 93.5 Å². The third kappa shape index (κ3) is 5.51. The van der Waals surface area contributed by atoms with Crippen molar-refractivity contribution < 1.29 is 22.3 Å². The summed E-state index contributed by atoms with van der Waals surface area (Å²) in [6.07, 6.45) is 1.12. The minimum absolute atomic E-state index is 0.00124. The summed E-state index contributed by atoms with van der Waals surface area (Å²) in [5.41, 5.74) is 2.05. The number of rotatable bonds is 6. The molecule has 0 aliphatic carbocycles. The van der Waals surface area contributed by atoms with E-state index < -0.39 is 21.6 Å². The molecule has 1 fully saturated rings. The van der Waals surface area contributed by atoms with Gasteiger partial charge >= 0.3 is 0 Å². The number of carbonyl (C=O) groups is 1. The number of ether oxygens (including phenoxy) is 1. The van der Waals surface area contributed by atoms with Gasteiger partial charge in [-0.25, -0.2) is 17.8 Å². The molecule has 1 aliphatic rings. The Balaban J connectivity index is 1.52. The van der Waals surface area contributed by atoms with Gasteiger partial charge in [-0.1, -0.05) is 12.1 Å². The molecule has 4 rings (SSSR count). The zero-order valence-electron chi connectivity index (χ0n) is 18.8. The molecule has 33 heavy (non-hydrogen) atoms. The quantitative estimate of drug-likeness (QED) is 0.591. The smallest absolute Gasteiger partial charge is 0.244 e. The predicted octanol–water partition coefficient (Wildman–Crippen LogP) is 2.97. The summed E-state index contributed by atoms with van der Waals surface area (Å²) in [5.74, 6) is -0.839. The van der Waals surface area contributed by atoms with Gasteiger partial charge in [-0.2, -0.15) is 0 Å². The monoisotopic (exact) mass is 474 g/mol. The SMILES string of the molecule is CC1CN(c2ccc(NC(=O)Cn3c(CS(C)(=O)=O)nc4ccccc43)cc2F)CC(C)O1. The third-order valence-electron chi connectivity index (χ3n) is 5.42. The number of aromatic nitrogens is 2. The standard InChI is InChI=1S/C23H27FN4O4S/c1-15-11-27(12-16(2)32-15)20-9-8-17(10-18(20)24)25-23(29)13-28-21-7-5-4-6-19(21)26-22(28)14-33(3,30)31/h4-10,15-16H,11-14H2,1-3H3,(H,25,29). The number of amides is 1. The lowest BCUT2D eigenvalue weighted by molar-refractivity contribution is -0.116. The molecule has 1 aliphatic heterocycles. The first kappa shape index (κ1) is 23.2. The summed E-state index contributed by atoms with van der Waals surface area (Å²) in [7, 11) is -3.35. The van der Waals surface area contributed by atoms with Gasteiger partial charge in [-0.15, -0.1) is 0 Å². The van der Waals surface area contributed by atoms with Crippen LogP contribution in [0.3, 0.4) is 0 Å². The minimum atomic E-state index is -3.35. The fourth-order valence-corrected chi connectivity index (χ4v) is 4.90. The zero-order chi connectivity index (χ0) is 23.8. The molecule has 0 bridgehead atoms. The van der Waals surface area contributed by atoms with E-state index in [1.165, 1.54) is 6.07 Å². The van der Waals surface area contributed by atoms with Gasteiger partial charge in [0.15, 0.2) is 9.84 Å². The molecule has 10 heteroatoms. The van der Waals surface area contributed by atoms with Crippen LogP contribution in [0.2, 0.25) is 0 Å². The Hall–Kier alpha value is -2.98. The van der Waals surface area contributed by atoms with E-state index in [-0.39, 0.29) is 30.3 Å². The number of nitrogens with zero attached hydrogens (tertiary/aromatic N) is 3. The van der Waals surface area contributed by atoms with Crippen LogP contribution in [0.1, 0.15) is 19.7 Å². The number of fused-ring (bicyclic) bond motifs is 1. The van der Waals surface area contributed by atoms with Crippen LogP contribution in [0.5, 0.6) is 0 Å². The van der Waals surface area contributed by atoms with Crippen LogP contribution >= 0.6 is 0 Å². The van der Waals surface area contributed by atoms with E-state index >= 15 is 0 Å². The maximum absolute atomic E-state index is 14.9. The van der Waals surface area contributed by atoms with E-state index in [0.29, 0.717) is 35.5 Å². The number of sulfone groups is 1. The molecule has 2 heterocycles. The first-order valence-electron chi connectivity index (χ1n) is 10.7. The molecular formula is C23H27FN4O4S. The number of nitrogens with one attached hydrogen (secondary N) is 1. The Kier molecular flexibility index (Phi) is 6.40. The Morgan fingerprint density at radius 2 is 1.88 bits per heavy atom. The summed E-state index contributed by atoms with van der Waals surface area (Å²) in [6.45, 7) is 4.93. The Morgan fingerprint density at radius 1 is 1.18 bits per heavy atom. The van der Waals surface area contributed by atoms with E-state index in [9.17, 15) is 17.6 Å². The van der Waals surface area contributed by atoms with Crippen LogP contribution in [0, 0.1) is 5.82 Å². The normalized spacial score (nSPS) is 19.1. The molecule has 2 unspecified atom stereocenters. The van der Waals surface area contributed by atoms with Crippen molar-refractivity contribution in [3.05, 3.63) is 54.1 Å². The first-order chi connectivity index (χ1) is 15.6. The Morgan fingerprint density at radius 3 is 2.55 bits per heavy atom. The van der Waals surface area contributed by atoms with Crippen molar-refractivity contribution in [2.24, 2.45) is 0 Å². The average molecular weight is 475 g/mol. The van der Waals surface area contributed by atoms with Crippen LogP contribution in [0.15, 0.2) is 42.5 Å². The van der Waals surface area contributed by atoms with Gasteiger partial charge in [0.1, 0.15) is 23.9 Å². The largest absolute Gasteiger partial charge is 0.372 e. The van der Waals surface area contributed by atoms with Crippen LogP contribution in [0.25, 0.3) is 11.0 Å². The lowest BCUT2D eigenvalue weighted by Crippen LogP contribution is -2.45. The summed E-state index contributed by atoms with van der Waals surface area (Å²) in [5, 5.41) is 2.70. The second-order valence-electron chi connectivity index (χ2n) is 8.55. The highest BCUT2D eigenvalue weighted by Gasteiger charge is 2.24. The number of imidazole rings is 1. The van der Waals surface area contributed by atoms with Gasteiger partial charge in [-0.3, -0.25) is 4.79 Å². The van der Waals surface area contributed by atoms with Gasteiger partial charge in [0.05, 0.1) is 28.9 Å². The second kappa shape index (κ2) is 9.11. The number of morpholine rings is 1. The number of benzene rings is 2. The van der Waals surface area contributed by atoms with Gasteiger partial charge in [0.25, 0.3) is 0 Å². The number of carbonyl (C=O) groups excluding carboxylic acids is 1. The van der Waals surface area contributed by atoms with Crippen molar-refractivity contribution in [2.45, 2.75) is 38.4 Å². The van der Waals surface area contributed by atoms with E-state index in [2.05, 4.69) is 10.3 Å². The Labute approximate surface area is 192 Å². The maximum Gasteiger partial charge on any atom is 0.244 e. The highest BCUT2D eigenvalue weighted by molar-refractivity contribution is 7.89. The van der Waals surface area contributed by atoms with Gasteiger partial charge < -0.3 is 19.5 Å². The molecule has 3 aromatic rings. The second-order valence-corrected chi connectivity index (χ2v) is 10.7. The number of hydrogen-bond acceptors (Lipinski definition) is 6. The molecule has 0 spiro atoms. The number of anilines is 2. The molecule has 0 saturated carbocycles. The predicted molar refractivity (Wildman–Crippen MR) is 126 cm³/mol. The van der Waals surface area contributed by atoms with Gasteiger partial charge in [0.2, 0.25) is 5.91 Å². The average Bonchev–Trinajstić information content (AvgIpc) is 3.02. The molecule has 1 aromatic heterocycles. The third-order valence-corrected chi connectivity index (χ3v) is 6.20. The molecule has 1 amide bonds. The van der Waals surface area contributed by atoms with Crippen molar-refractivity contribution in [1.82, 2.24) is 9.55 Å². The van der Waals surface area contributed by atoms with E-state index in [1.807, 2.05) is 18.7 Å². The van der Waals surface area contributed by atoms with Crippen molar-refractivity contribution in [2.75, 3.05) is 29.6 Å². The molecule has 8 nitrogen and oxygen atoms in total. The first-order valence-corrected chi connectivity index (χ1v) is 12.8. The Bertz CT molecular complexity index is 1280. The maximum atomic E-state index is 14.9. The number of halogens is 1. The lowest BCUT2D eigenvalue weighted by Gasteiger charge is -2.37. The molecule has 0 radical (unpaired) electrons. The lowest BCUT2D eigenvalue weighted by atomic mass is 10.2. The van der Waals surface area contributed by atoms with E-state index in [4.69, 9.17) is 4.74 Å². The van der Waals surface area contributed by atoms with Crippen LogP contribution < -0.4 is 10.2 Å². The number of para-hydroxylation sites is 2. The number of hydrogen-bond donors (Lipinski definition) is 1. The van der Waals surface area contributed by atoms with Crippen molar-refractivity contribution in [1.29, 1.82) is 0 Å². The summed E-state index contributed by atoms with van der Waals surface area (Å²) in [4.78, 5) is 19.1. The summed E-state index contributed by atoms with van der Waals surface area (Å²) < 4.78 is 45.8. The molecular weight excluding hydrogens is 447 g/mol. The fraction of sp³-hybridized carbons (Fsp3) is 0.391. The van der Waals surface area contributed by atoms with E-state index in [1.54, 1.807) is 41.0 Å². The molecule has 2 aromatic carbocycles. The summed E-state index contributed by atoms with van der Waals surface area (Å²) in [6, 6.07) is 11.7. The van der Waals surface area contributed by atoms with E-state index in [0.717, 1.165) is 6.26 Å². The summed E-state index contributed by atoms with van der Waals surface area (Å²) >= 11 is 0. The molecule has 2 atom stereocenters. The van der Waals surface area contributed by atoms with Gasteiger partial charge in [0, 0.05) is 25.0 Å². The van der Waals surface area contributed by atoms with Gasteiger partial charge in [-0.05, 0) is 44.2 Å². The van der Waals surface area contributed by atoms with Crippen LogP contribution in [-0.2, 0) is 31.7 Å². The van der Waals surface area contributed by atoms with Crippen molar-refractivity contribution in [3.63, 3.8) is 0 Å². The zero-order valence-corrected chi connectivity index (χ0v) is 19.6. The molecule has 176 valence electrons. The molecule has 1 N–H and O–H groups in total. The van der Waals surface area contributed by atoms with Crippen LogP contribution in [-0.4, -0.2) is 55.4 Å². The van der Waals surface area contributed by atoms with Crippen LogP contribution in [0.4, 0.5) is 15.8 Å². The highest BCUT2D eigenvalue weighted by Crippen LogP contribution is 2.26. The highest BCUT2D eigenvalue weighted by atomic mass is 32.2.